The molecule has 0 aliphatic carbocycles. The van der Waals surface area contributed by atoms with E-state index in [0.717, 1.165) is 6.26 Å². The molecule has 0 amide bonds. The van der Waals surface area contributed by atoms with Crippen LogP contribution in [-0.4, -0.2) is 46.5 Å². The van der Waals surface area contributed by atoms with Gasteiger partial charge < -0.3 is 5.73 Å². The first-order chi connectivity index (χ1) is 9.12. The first-order valence-electron chi connectivity index (χ1n) is 5.88. The van der Waals surface area contributed by atoms with Crippen molar-refractivity contribution in [1.82, 2.24) is 4.31 Å². The normalized spacial score (nSPS) is 20.2. The number of rotatable bonds is 3. The number of benzene rings is 1. The predicted molar refractivity (Wildman–Crippen MR) is 85.9 cm³/mol. The average Bonchev–Trinajstić information content (AvgIpc) is 2.75. The number of hydrogen-bond acceptors (Lipinski definition) is 5. The van der Waals surface area contributed by atoms with Gasteiger partial charge in [-0.05, 0) is 40.5 Å². The van der Waals surface area contributed by atoms with Crippen LogP contribution in [0.15, 0.2) is 32.5 Å². The van der Waals surface area contributed by atoms with Gasteiger partial charge in [0.05, 0.1) is 9.79 Å². The highest BCUT2D eigenvalue weighted by atomic mass is 79.9. The molecule has 2 rings (SSSR count). The fourth-order valence-corrected chi connectivity index (χ4v) is 5.38. The molecule has 2 N–H and O–H groups in total. The molecule has 0 unspecified atom stereocenters. The van der Waals surface area contributed by atoms with Crippen molar-refractivity contribution in [2.75, 3.05) is 19.3 Å². The van der Waals surface area contributed by atoms with Crippen LogP contribution in [0, 0.1) is 0 Å². The SMILES string of the molecule is CS(=O)(=O)c1ccc(S(=O)(=O)N2CC[C@@H](N)C2)c(Br)c1.Cl. The summed E-state index contributed by atoms with van der Waals surface area (Å²) in [6.45, 7) is 0.659. The second kappa shape index (κ2) is 6.51. The summed E-state index contributed by atoms with van der Waals surface area (Å²) in [5, 5.41) is 0. The molecule has 10 heteroatoms. The van der Waals surface area contributed by atoms with E-state index in [4.69, 9.17) is 5.73 Å². The van der Waals surface area contributed by atoms with Crippen molar-refractivity contribution in [3.8, 4) is 0 Å². The van der Waals surface area contributed by atoms with E-state index < -0.39 is 19.9 Å². The third-order valence-corrected chi connectivity index (χ3v) is 7.09. The van der Waals surface area contributed by atoms with Crippen LogP contribution in [0.3, 0.4) is 0 Å². The third-order valence-electron chi connectivity index (χ3n) is 3.14. The lowest BCUT2D eigenvalue weighted by molar-refractivity contribution is 0.472. The first-order valence-corrected chi connectivity index (χ1v) is 10.00. The van der Waals surface area contributed by atoms with Crippen LogP contribution in [-0.2, 0) is 19.9 Å². The zero-order chi connectivity index (χ0) is 15.1. The molecule has 120 valence electrons. The van der Waals surface area contributed by atoms with Crippen molar-refractivity contribution in [1.29, 1.82) is 0 Å². The van der Waals surface area contributed by atoms with E-state index in [-0.39, 0.29) is 39.3 Å². The van der Waals surface area contributed by atoms with Gasteiger partial charge >= 0.3 is 0 Å². The zero-order valence-corrected chi connectivity index (χ0v) is 15.2. The van der Waals surface area contributed by atoms with Crippen LogP contribution in [0.1, 0.15) is 6.42 Å². The standard InChI is InChI=1S/C11H15BrN2O4S2.ClH/c1-19(15,16)9-2-3-11(10(12)6-9)20(17,18)14-5-4-8(13)7-14;/h2-3,6,8H,4-5,7,13H2,1H3;1H/t8-;/m1./s1. The smallest absolute Gasteiger partial charge is 0.244 e. The number of nitrogens with zero attached hydrogens (tertiary/aromatic N) is 1. The highest BCUT2D eigenvalue weighted by molar-refractivity contribution is 9.10. The molecule has 1 aromatic rings. The Bertz CT molecular complexity index is 737. The van der Waals surface area contributed by atoms with Crippen LogP contribution in [0.25, 0.3) is 0 Å². The maximum Gasteiger partial charge on any atom is 0.244 e. The molecule has 1 heterocycles. The Morgan fingerprint density at radius 2 is 1.90 bits per heavy atom. The Balaban J connectivity index is 0.00000220. The second-order valence-electron chi connectivity index (χ2n) is 4.78. The van der Waals surface area contributed by atoms with Crippen LogP contribution in [0.5, 0.6) is 0 Å². The van der Waals surface area contributed by atoms with Gasteiger partial charge in [0.2, 0.25) is 10.0 Å². The van der Waals surface area contributed by atoms with E-state index in [0.29, 0.717) is 13.0 Å². The Hall–Kier alpha value is -0.190. The Morgan fingerprint density at radius 3 is 2.33 bits per heavy atom. The average molecular weight is 420 g/mol. The zero-order valence-electron chi connectivity index (χ0n) is 11.2. The van der Waals surface area contributed by atoms with E-state index in [9.17, 15) is 16.8 Å². The molecule has 0 bridgehead atoms. The second-order valence-corrected chi connectivity index (χ2v) is 9.55. The maximum absolute atomic E-state index is 12.5. The number of sulfone groups is 1. The largest absolute Gasteiger partial charge is 0.326 e. The minimum absolute atomic E-state index is 0. The van der Waals surface area contributed by atoms with Crippen LogP contribution < -0.4 is 5.73 Å². The summed E-state index contributed by atoms with van der Waals surface area (Å²) in [7, 11) is -7.03. The van der Waals surface area contributed by atoms with Gasteiger partial charge in [-0.25, -0.2) is 16.8 Å². The van der Waals surface area contributed by atoms with Crippen molar-refractivity contribution in [2.45, 2.75) is 22.3 Å². The lowest BCUT2D eigenvalue weighted by Gasteiger charge is -2.17. The van der Waals surface area contributed by atoms with Crippen molar-refractivity contribution < 1.29 is 16.8 Å². The molecule has 1 aromatic carbocycles. The Morgan fingerprint density at radius 1 is 1.29 bits per heavy atom. The summed E-state index contributed by atoms with van der Waals surface area (Å²) in [5.74, 6) is 0. The highest BCUT2D eigenvalue weighted by Crippen LogP contribution is 2.29. The van der Waals surface area contributed by atoms with Crippen LogP contribution >= 0.6 is 28.3 Å². The highest BCUT2D eigenvalue weighted by Gasteiger charge is 2.32. The van der Waals surface area contributed by atoms with E-state index in [1.807, 2.05) is 0 Å². The van der Waals surface area contributed by atoms with Crippen molar-refractivity contribution in [3.05, 3.63) is 22.7 Å². The summed E-state index contributed by atoms with van der Waals surface area (Å²) >= 11 is 3.14. The van der Waals surface area contributed by atoms with E-state index in [1.165, 1.54) is 22.5 Å². The first kappa shape index (κ1) is 18.9. The molecule has 1 atom stereocenters. The molecule has 1 aliphatic rings. The van der Waals surface area contributed by atoms with Gasteiger partial charge in [-0.1, -0.05) is 0 Å². The lowest BCUT2D eigenvalue weighted by atomic mass is 10.3. The Labute approximate surface area is 139 Å². The third kappa shape index (κ3) is 3.96. The molecule has 0 aromatic heterocycles. The predicted octanol–water partition coefficient (Wildman–Crippen LogP) is 0.996. The van der Waals surface area contributed by atoms with Gasteiger partial charge in [0.25, 0.3) is 0 Å². The number of hydrogen-bond donors (Lipinski definition) is 1. The fourth-order valence-electron chi connectivity index (χ4n) is 2.03. The summed E-state index contributed by atoms with van der Waals surface area (Å²) in [6.07, 6.45) is 1.70. The van der Waals surface area contributed by atoms with Crippen LogP contribution in [0.2, 0.25) is 0 Å². The molecule has 21 heavy (non-hydrogen) atoms. The van der Waals surface area contributed by atoms with Gasteiger partial charge in [0.1, 0.15) is 0 Å². The van der Waals surface area contributed by atoms with Crippen LogP contribution in [0.4, 0.5) is 0 Å². The van der Waals surface area contributed by atoms with Crippen molar-refractivity contribution >= 4 is 48.2 Å². The molecule has 1 fully saturated rings. The fraction of sp³-hybridized carbons (Fsp3) is 0.455. The topological polar surface area (TPSA) is 97.5 Å². The monoisotopic (exact) mass is 418 g/mol. The quantitative estimate of drug-likeness (QED) is 0.788. The molecular formula is C11H16BrClN2O4S2. The Kier molecular flexibility index (Phi) is 5.85. The van der Waals surface area contributed by atoms with Crippen molar-refractivity contribution in [3.63, 3.8) is 0 Å². The van der Waals surface area contributed by atoms with Gasteiger partial charge in [0.15, 0.2) is 9.84 Å². The van der Waals surface area contributed by atoms with E-state index >= 15 is 0 Å². The minimum Gasteiger partial charge on any atom is -0.326 e. The molecule has 0 spiro atoms. The summed E-state index contributed by atoms with van der Waals surface area (Å²) in [5.41, 5.74) is 5.72. The number of nitrogens with two attached hydrogens (primary N) is 1. The van der Waals surface area contributed by atoms with Gasteiger partial charge in [-0.2, -0.15) is 4.31 Å². The van der Waals surface area contributed by atoms with Gasteiger partial charge in [-0.3, -0.25) is 0 Å². The minimum atomic E-state index is -3.65. The number of sulfonamides is 1. The molecular weight excluding hydrogens is 404 g/mol. The maximum atomic E-state index is 12.5. The lowest BCUT2D eigenvalue weighted by Crippen LogP contribution is -2.32. The van der Waals surface area contributed by atoms with Gasteiger partial charge in [0, 0.05) is 29.9 Å². The molecule has 0 radical (unpaired) electrons. The number of halogens is 2. The van der Waals surface area contributed by atoms with Crippen molar-refractivity contribution in [2.24, 2.45) is 5.73 Å². The summed E-state index contributed by atoms with van der Waals surface area (Å²) in [6, 6.07) is 3.75. The molecule has 0 saturated carbocycles. The molecule has 1 saturated heterocycles. The molecule has 1 aliphatic heterocycles. The van der Waals surface area contributed by atoms with Gasteiger partial charge in [-0.15, -0.1) is 12.4 Å². The molecule has 6 nitrogen and oxygen atoms in total. The van der Waals surface area contributed by atoms with E-state index in [2.05, 4.69) is 15.9 Å². The summed E-state index contributed by atoms with van der Waals surface area (Å²) in [4.78, 5) is 0.125. The van der Waals surface area contributed by atoms with E-state index in [1.54, 1.807) is 0 Å². The summed E-state index contributed by atoms with van der Waals surface area (Å²) < 4.78 is 49.4.